The lowest BCUT2D eigenvalue weighted by atomic mass is 9.68. The lowest BCUT2D eigenvalue weighted by Crippen LogP contribution is -2.50. The lowest BCUT2D eigenvalue weighted by molar-refractivity contribution is -0.143. The Balaban J connectivity index is 1.70. The first-order chi connectivity index (χ1) is 12.6. The Morgan fingerprint density at radius 2 is 1.92 bits per heavy atom. The van der Waals surface area contributed by atoms with Gasteiger partial charge in [-0.05, 0) is 35.6 Å². The average molecular weight is 355 g/mol. The summed E-state index contributed by atoms with van der Waals surface area (Å²) in [6.07, 6.45) is 2.99. The summed E-state index contributed by atoms with van der Waals surface area (Å²) >= 11 is 0. The molecule has 3 rings (SSSR count). The molecule has 0 spiro atoms. The normalized spacial score (nSPS) is 16.7. The Morgan fingerprint density at radius 3 is 2.58 bits per heavy atom. The van der Waals surface area contributed by atoms with Gasteiger partial charge >= 0.3 is 5.97 Å². The van der Waals surface area contributed by atoms with Gasteiger partial charge in [-0.1, -0.05) is 48.9 Å². The predicted molar refractivity (Wildman–Crippen MR) is 99.9 cm³/mol. The van der Waals surface area contributed by atoms with Crippen molar-refractivity contribution in [2.24, 2.45) is 11.3 Å². The number of rotatable bonds is 8. The van der Waals surface area contributed by atoms with Gasteiger partial charge in [-0.25, -0.2) is 0 Å². The van der Waals surface area contributed by atoms with E-state index in [9.17, 15) is 14.7 Å². The standard InChI is InChI=1S/C21H25NO4/c1-26-14-21(10-5-11-21)20(25)22-13-17(19(23)24)12-16-8-4-7-15-6-2-3-9-18(15)16/h2-4,6-9,17H,5,10-14H2,1H3,(H,22,25)(H,23,24). The van der Waals surface area contributed by atoms with Gasteiger partial charge in [-0.15, -0.1) is 0 Å². The van der Waals surface area contributed by atoms with Crippen molar-refractivity contribution in [1.29, 1.82) is 0 Å². The Kier molecular flexibility index (Phi) is 5.57. The number of carbonyl (C=O) groups excluding carboxylic acids is 1. The molecule has 0 aliphatic heterocycles. The molecule has 1 saturated carbocycles. The van der Waals surface area contributed by atoms with Gasteiger partial charge in [-0.2, -0.15) is 0 Å². The number of ether oxygens (including phenoxy) is 1. The molecule has 1 aliphatic carbocycles. The molecule has 2 aromatic carbocycles. The number of hydrogen-bond donors (Lipinski definition) is 2. The van der Waals surface area contributed by atoms with Crippen molar-refractivity contribution < 1.29 is 19.4 Å². The molecule has 26 heavy (non-hydrogen) atoms. The van der Waals surface area contributed by atoms with E-state index in [0.717, 1.165) is 35.6 Å². The second kappa shape index (κ2) is 7.87. The summed E-state index contributed by atoms with van der Waals surface area (Å²) in [5.41, 5.74) is 0.511. The summed E-state index contributed by atoms with van der Waals surface area (Å²) < 4.78 is 5.19. The zero-order valence-electron chi connectivity index (χ0n) is 15.0. The summed E-state index contributed by atoms with van der Waals surface area (Å²) in [4.78, 5) is 24.3. The fourth-order valence-corrected chi connectivity index (χ4v) is 3.70. The second-order valence-electron chi connectivity index (χ2n) is 7.15. The van der Waals surface area contributed by atoms with Crippen molar-refractivity contribution in [3.05, 3.63) is 48.0 Å². The predicted octanol–water partition coefficient (Wildman–Crippen LogP) is 3.02. The molecule has 1 fully saturated rings. The first kappa shape index (κ1) is 18.4. The van der Waals surface area contributed by atoms with Gasteiger partial charge in [0.25, 0.3) is 0 Å². The number of carbonyl (C=O) groups is 2. The van der Waals surface area contributed by atoms with Crippen molar-refractivity contribution in [2.45, 2.75) is 25.7 Å². The van der Waals surface area contributed by atoms with Crippen LogP contribution in [0.3, 0.4) is 0 Å². The summed E-state index contributed by atoms with van der Waals surface area (Å²) in [6.45, 7) is 0.517. The van der Waals surface area contributed by atoms with Gasteiger partial charge < -0.3 is 15.2 Å². The number of carboxylic acids is 1. The molecule has 2 N–H and O–H groups in total. The quantitative estimate of drug-likeness (QED) is 0.763. The monoisotopic (exact) mass is 355 g/mol. The highest BCUT2D eigenvalue weighted by Gasteiger charge is 2.44. The molecule has 1 amide bonds. The van der Waals surface area contributed by atoms with Gasteiger partial charge in [0.05, 0.1) is 17.9 Å². The third-order valence-electron chi connectivity index (χ3n) is 5.42. The van der Waals surface area contributed by atoms with Crippen LogP contribution in [0.25, 0.3) is 10.8 Å². The van der Waals surface area contributed by atoms with Crippen LogP contribution in [0.5, 0.6) is 0 Å². The molecule has 5 nitrogen and oxygen atoms in total. The minimum atomic E-state index is -0.896. The maximum absolute atomic E-state index is 12.5. The lowest BCUT2D eigenvalue weighted by Gasteiger charge is -2.39. The molecule has 1 unspecified atom stereocenters. The number of benzene rings is 2. The number of methoxy groups -OCH3 is 1. The molecule has 0 saturated heterocycles. The SMILES string of the molecule is COCC1(C(=O)NCC(Cc2cccc3ccccc23)C(=O)O)CCC1. The largest absolute Gasteiger partial charge is 0.481 e. The van der Waals surface area contributed by atoms with Crippen LogP contribution in [-0.4, -0.2) is 37.2 Å². The fraction of sp³-hybridized carbons (Fsp3) is 0.429. The summed E-state index contributed by atoms with van der Waals surface area (Å²) in [5, 5.41) is 14.6. The van der Waals surface area contributed by atoms with Crippen LogP contribution < -0.4 is 5.32 Å². The van der Waals surface area contributed by atoms with E-state index in [1.165, 1.54) is 0 Å². The molecule has 0 radical (unpaired) electrons. The molecule has 1 atom stereocenters. The average Bonchev–Trinajstić information content (AvgIpc) is 2.61. The molecular weight excluding hydrogens is 330 g/mol. The van der Waals surface area contributed by atoms with Gasteiger partial charge in [-0.3, -0.25) is 9.59 Å². The Hall–Kier alpha value is -2.40. The smallest absolute Gasteiger partial charge is 0.308 e. The van der Waals surface area contributed by atoms with Crippen LogP contribution in [0.2, 0.25) is 0 Å². The number of nitrogens with one attached hydrogen (secondary N) is 1. The van der Waals surface area contributed by atoms with Crippen molar-refractivity contribution >= 4 is 22.6 Å². The highest BCUT2D eigenvalue weighted by atomic mass is 16.5. The van der Waals surface area contributed by atoms with Crippen molar-refractivity contribution in [2.75, 3.05) is 20.3 Å². The van der Waals surface area contributed by atoms with E-state index in [-0.39, 0.29) is 12.5 Å². The maximum atomic E-state index is 12.5. The van der Waals surface area contributed by atoms with E-state index in [2.05, 4.69) is 5.32 Å². The van der Waals surface area contributed by atoms with Crippen LogP contribution in [0, 0.1) is 11.3 Å². The van der Waals surface area contributed by atoms with Crippen molar-refractivity contribution in [1.82, 2.24) is 5.32 Å². The first-order valence-electron chi connectivity index (χ1n) is 9.02. The Labute approximate surface area is 153 Å². The zero-order chi connectivity index (χ0) is 18.6. The minimum absolute atomic E-state index is 0.0882. The molecule has 1 aliphatic rings. The second-order valence-corrected chi connectivity index (χ2v) is 7.15. The topological polar surface area (TPSA) is 75.6 Å². The molecular formula is C21H25NO4. The van der Waals surface area contributed by atoms with Crippen LogP contribution in [0.15, 0.2) is 42.5 Å². The Bertz CT molecular complexity index is 792. The van der Waals surface area contributed by atoms with E-state index in [1.807, 2.05) is 42.5 Å². The number of fused-ring (bicyclic) bond motifs is 1. The van der Waals surface area contributed by atoms with Gasteiger partial charge in [0, 0.05) is 13.7 Å². The van der Waals surface area contributed by atoms with E-state index in [1.54, 1.807) is 7.11 Å². The van der Waals surface area contributed by atoms with Crippen LogP contribution in [0.4, 0.5) is 0 Å². The number of amides is 1. The van der Waals surface area contributed by atoms with Crippen LogP contribution in [0.1, 0.15) is 24.8 Å². The zero-order valence-corrected chi connectivity index (χ0v) is 15.0. The molecule has 0 bridgehead atoms. The number of aliphatic carboxylic acids is 1. The highest BCUT2D eigenvalue weighted by molar-refractivity contribution is 5.87. The molecule has 5 heteroatoms. The summed E-state index contributed by atoms with van der Waals surface area (Å²) in [7, 11) is 1.59. The molecule has 2 aromatic rings. The highest BCUT2D eigenvalue weighted by Crippen LogP contribution is 2.41. The summed E-state index contributed by atoms with van der Waals surface area (Å²) in [5.74, 6) is -1.65. The van der Waals surface area contributed by atoms with Gasteiger partial charge in [0.15, 0.2) is 0 Å². The third kappa shape index (κ3) is 3.73. The molecule has 138 valence electrons. The molecule has 0 aromatic heterocycles. The van der Waals surface area contributed by atoms with Crippen molar-refractivity contribution in [3.8, 4) is 0 Å². The van der Waals surface area contributed by atoms with E-state index in [4.69, 9.17) is 4.74 Å². The van der Waals surface area contributed by atoms with E-state index < -0.39 is 17.3 Å². The Morgan fingerprint density at radius 1 is 1.19 bits per heavy atom. The minimum Gasteiger partial charge on any atom is -0.481 e. The van der Waals surface area contributed by atoms with Gasteiger partial charge in [0.2, 0.25) is 5.91 Å². The number of carboxylic acid groups (broad SMARTS) is 1. The fourth-order valence-electron chi connectivity index (χ4n) is 3.70. The molecule has 0 heterocycles. The number of hydrogen-bond acceptors (Lipinski definition) is 3. The van der Waals surface area contributed by atoms with Crippen molar-refractivity contribution in [3.63, 3.8) is 0 Å². The maximum Gasteiger partial charge on any atom is 0.308 e. The summed E-state index contributed by atoms with van der Waals surface area (Å²) in [6, 6.07) is 13.9. The third-order valence-corrected chi connectivity index (χ3v) is 5.42. The van der Waals surface area contributed by atoms with E-state index >= 15 is 0 Å². The van der Waals surface area contributed by atoms with Gasteiger partial charge in [0.1, 0.15) is 0 Å². The van der Waals surface area contributed by atoms with E-state index in [0.29, 0.717) is 13.0 Å². The van der Waals surface area contributed by atoms with Crippen LogP contribution in [-0.2, 0) is 20.7 Å². The first-order valence-corrected chi connectivity index (χ1v) is 9.02. The van der Waals surface area contributed by atoms with Crippen LogP contribution >= 0.6 is 0 Å².